The standard InChI is InChI=1S/C12H22N2O12/c15-7(1-3-13(20)21)24-5-6-9(17)10(18)11(12(19)25-6)26-8(16)2-4-14(22)23/h6,9-12,17-23H,1-5H2/p+2. The predicted octanol–water partition coefficient (Wildman–Crippen LogP) is -6.01. The molecule has 0 amide bonds. The summed E-state index contributed by atoms with van der Waals surface area (Å²) in [6.07, 6.45) is -8.99. The van der Waals surface area contributed by atoms with Crippen molar-refractivity contribution in [3.8, 4) is 0 Å². The van der Waals surface area contributed by atoms with E-state index in [-0.39, 0.29) is 13.0 Å². The molecule has 0 aromatic carbocycles. The molecule has 152 valence electrons. The van der Waals surface area contributed by atoms with Gasteiger partial charge in [0, 0.05) is 0 Å². The normalized spacial score (nSPS) is 29.0. The van der Waals surface area contributed by atoms with Crippen molar-refractivity contribution >= 4 is 11.9 Å². The van der Waals surface area contributed by atoms with E-state index in [1.54, 1.807) is 0 Å². The lowest BCUT2D eigenvalue weighted by molar-refractivity contribution is -1.24. The Kier molecular flexibility index (Phi) is 9.23. The van der Waals surface area contributed by atoms with Crippen molar-refractivity contribution in [2.24, 2.45) is 0 Å². The highest BCUT2D eigenvalue weighted by atomic mass is 16.8. The third-order valence-corrected chi connectivity index (χ3v) is 3.44. The molecule has 0 bridgehead atoms. The van der Waals surface area contributed by atoms with Gasteiger partial charge in [-0.3, -0.25) is 9.59 Å². The summed E-state index contributed by atoms with van der Waals surface area (Å²) < 4.78 is 14.4. The molecule has 14 nitrogen and oxygen atoms in total. The second-order valence-electron chi connectivity index (χ2n) is 5.52. The fourth-order valence-electron chi connectivity index (χ4n) is 2.07. The molecule has 0 spiro atoms. The van der Waals surface area contributed by atoms with Crippen LogP contribution in [0.3, 0.4) is 0 Å². The molecule has 5 atom stereocenters. The molecule has 5 unspecified atom stereocenters. The second kappa shape index (κ2) is 10.6. The molecule has 0 saturated carbocycles. The van der Waals surface area contributed by atoms with E-state index in [0.717, 1.165) is 0 Å². The number of nitrogens with one attached hydrogen (secondary N) is 2. The molecular weight excluding hydrogens is 364 g/mol. The highest BCUT2D eigenvalue weighted by molar-refractivity contribution is 5.70. The fraction of sp³-hybridized carbons (Fsp3) is 0.833. The van der Waals surface area contributed by atoms with Gasteiger partial charge < -0.3 is 29.5 Å². The zero-order valence-electron chi connectivity index (χ0n) is 13.6. The summed E-state index contributed by atoms with van der Waals surface area (Å²) in [5.41, 5.74) is 0. The molecule has 1 aliphatic rings. The Morgan fingerprint density at radius 1 is 0.885 bits per heavy atom. The predicted molar refractivity (Wildman–Crippen MR) is 71.8 cm³/mol. The summed E-state index contributed by atoms with van der Waals surface area (Å²) in [5.74, 6) is -1.81. The first-order chi connectivity index (χ1) is 12.1. The van der Waals surface area contributed by atoms with Crippen molar-refractivity contribution in [1.82, 2.24) is 0 Å². The largest absolute Gasteiger partial charge is 0.463 e. The van der Waals surface area contributed by atoms with E-state index >= 15 is 0 Å². The van der Waals surface area contributed by atoms with E-state index in [1.165, 1.54) is 0 Å². The van der Waals surface area contributed by atoms with Gasteiger partial charge in [-0.15, -0.1) is 0 Å². The molecule has 9 N–H and O–H groups in total. The average Bonchev–Trinajstić information content (AvgIpc) is 2.56. The minimum atomic E-state index is -1.83. The van der Waals surface area contributed by atoms with Gasteiger partial charge in [-0.25, -0.2) is 0 Å². The van der Waals surface area contributed by atoms with Crippen molar-refractivity contribution in [3.05, 3.63) is 0 Å². The molecule has 1 rings (SSSR count). The van der Waals surface area contributed by atoms with Crippen LogP contribution < -0.4 is 10.5 Å². The van der Waals surface area contributed by atoms with Gasteiger partial charge in [0.1, 0.15) is 37.8 Å². The van der Waals surface area contributed by atoms with Crippen LogP contribution in [0.4, 0.5) is 0 Å². The van der Waals surface area contributed by atoms with Gasteiger partial charge in [0.05, 0.1) is 0 Å². The zero-order valence-corrected chi connectivity index (χ0v) is 13.6. The van der Waals surface area contributed by atoms with Crippen LogP contribution in [0, 0.1) is 0 Å². The molecule has 0 aromatic heterocycles. The molecule has 0 aliphatic carbocycles. The number of aliphatic hydroxyl groups is 3. The monoisotopic (exact) mass is 388 g/mol. The molecule has 1 aliphatic heterocycles. The van der Waals surface area contributed by atoms with Crippen molar-refractivity contribution < 1.29 is 70.4 Å². The van der Waals surface area contributed by atoms with Crippen LogP contribution in [0.2, 0.25) is 0 Å². The summed E-state index contributed by atoms with van der Waals surface area (Å²) >= 11 is 0. The molecule has 0 radical (unpaired) electrons. The van der Waals surface area contributed by atoms with E-state index < -0.39 is 72.7 Å². The first-order valence-corrected chi connectivity index (χ1v) is 7.64. The first-order valence-electron chi connectivity index (χ1n) is 7.64. The van der Waals surface area contributed by atoms with Gasteiger partial charge in [-0.1, -0.05) is 10.5 Å². The van der Waals surface area contributed by atoms with Crippen LogP contribution in [0.25, 0.3) is 0 Å². The molecule has 0 aromatic rings. The summed E-state index contributed by atoms with van der Waals surface area (Å²) in [7, 11) is 0. The summed E-state index contributed by atoms with van der Waals surface area (Å²) in [6, 6.07) is 0. The lowest BCUT2D eigenvalue weighted by atomic mass is 9.99. The minimum absolute atomic E-state index is 0.336. The fourth-order valence-corrected chi connectivity index (χ4v) is 2.07. The number of esters is 2. The summed E-state index contributed by atoms with van der Waals surface area (Å²) in [6.45, 7) is -1.29. The number of quaternary nitrogens is 2. The molecule has 1 heterocycles. The lowest BCUT2D eigenvalue weighted by Gasteiger charge is -2.39. The number of hydroxylamine groups is 4. The van der Waals surface area contributed by atoms with Gasteiger partial charge >= 0.3 is 11.9 Å². The number of aliphatic hydroxyl groups excluding tert-OH is 3. The smallest absolute Gasteiger partial charge is 0.312 e. The van der Waals surface area contributed by atoms with Gasteiger partial charge in [0.15, 0.2) is 25.5 Å². The Morgan fingerprint density at radius 2 is 1.42 bits per heavy atom. The van der Waals surface area contributed by atoms with Crippen LogP contribution in [0.1, 0.15) is 12.8 Å². The van der Waals surface area contributed by atoms with E-state index in [1.807, 2.05) is 0 Å². The van der Waals surface area contributed by atoms with Crippen molar-refractivity contribution in [2.45, 2.75) is 43.5 Å². The van der Waals surface area contributed by atoms with Crippen molar-refractivity contribution in [1.29, 1.82) is 0 Å². The van der Waals surface area contributed by atoms with Crippen LogP contribution in [-0.2, 0) is 23.8 Å². The van der Waals surface area contributed by atoms with E-state index in [2.05, 4.69) is 0 Å². The lowest BCUT2D eigenvalue weighted by Crippen LogP contribution is -3.07. The SMILES string of the molecule is O=C(CC[NH+](O)O)OCC1OC(O)C(OC(=O)CC[NH+](O)O)C(O)C1O. The second-order valence-corrected chi connectivity index (χ2v) is 5.52. The zero-order chi connectivity index (χ0) is 19.9. The van der Waals surface area contributed by atoms with Crippen LogP contribution in [0.5, 0.6) is 0 Å². The van der Waals surface area contributed by atoms with Gasteiger partial charge in [0.2, 0.25) is 0 Å². The average molecular weight is 388 g/mol. The number of rotatable bonds is 9. The highest BCUT2D eigenvalue weighted by Crippen LogP contribution is 2.23. The Balaban J connectivity index is 2.49. The van der Waals surface area contributed by atoms with Crippen LogP contribution >= 0.6 is 0 Å². The Bertz CT molecular complexity index is 459. The summed E-state index contributed by atoms with van der Waals surface area (Å²) in [5, 5.41) is 62.1. The molecule has 26 heavy (non-hydrogen) atoms. The highest BCUT2D eigenvalue weighted by Gasteiger charge is 2.46. The number of carbonyl (C=O) groups is 2. The topological polar surface area (TPSA) is 212 Å². The number of hydrogen-bond donors (Lipinski definition) is 9. The van der Waals surface area contributed by atoms with E-state index in [9.17, 15) is 24.9 Å². The van der Waals surface area contributed by atoms with E-state index in [0.29, 0.717) is 0 Å². The van der Waals surface area contributed by atoms with Crippen LogP contribution in [0.15, 0.2) is 0 Å². The quantitative estimate of drug-likeness (QED) is 0.133. The Morgan fingerprint density at radius 3 is 1.96 bits per heavy atom. The molecule has 1 saturated heterocycles. The van der Waals surface area contributed by atoms with Crippen molar-refractivity contribution in [2.75, 3.05) is 19.7 Å². The molecule has 14 heteroatoms. The number of ether oxygens (including phenoxy) is 3. The number of carbonyl (C=O) groups excluding carboxylic acids is 2. The van der Waals surface area contributed by atoms with Gasteiger partial charge in [-0.2, -0.15) is 20.8 Å². The van der Waals surface area contributed by atoms with Crippen molar-refractivity contribution in [3.63, 3.8) is 0 Å². The Hall–Kier alpha value is -1.46. The number of hydrogen-bond acceptors (Lipinski definition) is 12. The Labute approximate surface area is 146 Å². The van der Waals surface area contributed by atoms with Gasteiger partial charge in [-0.05, 0) is 0 Å². The molecule has 1 fully saturated rings. The van der Waals surface area contributed by atoms with Gasteiger partial charge in [0.25, 0.3) is 0 Å². The van der Waals surface area contributed by atoms with E-state index in [4.69, 9.17) is 35.0 Å². The minimum Gasteiger partial charge on any atom is -0.463 e. The van der Waals surface area contributed by atoms with Crippen LogP contribution in [-0.4, -0.2) is 98.5 Å². The third-order valence-electron chi connectivity index (χ3n) is 3.44. The maximum absolute atomic E-state index is 11.5. The third kappa shape index (κ3) is 7.42. The first kappa shape index (κ1) is 22.6. The maximum Gasteiger partial charge on any atom is 0.312 e. The maximum atomic E-state index is 11.5. The summed E-state index contributed by atoms with van der Waals surface area (Å²) in [4.78, 5) is 22.9. The molecular formula is C12H24N2O12+2.